The summed E-state index contributed by atoms with van der Waals surface area (Å²) < 4.78 is 78.6. The summed E-state index contributed by atoms with van der Waals surface area (Å²) in [6, 6.07) is 14.9. The number of benzene rings is 3. The minimum absolute atomic E-state index is 0.0548. The van der Waals surface area contributed by atoms with E-state index >= 15 is 0 Å². The molecule has 0 aliphatic carbocycles. The summed E-state index contributed by atoms with van der Waals surface area (Å²) in [4.78, 5) is 12.4. The van der Waals surface area contributed by atoms with Gasteiger partial charge in [-0.25, -0.2) is 4.79 Å². The Bertz CT molecular complexity index is 1330. The van der Waals surface area contributed by atoms with Crippen LogP contribution >= 0.6 is 0 Å². The van der Waals surface area contributed by atoms with Crippen LogP contribution in [0.5, 0.6) is 0 Å². The molecule has 0 spiro atoms. The molecule has 11 heteroatoms. The number of nitrogens with zero attached hydrogens (tertiary/aromatic N) is 2. The van der Waals surface area contributed by atoms with E-state index in [2.05, 4.69) is 15.7 Å². The number of hydrogen-bond acceptors (Lipinski definition) is 2. The molecule has 4 aromatic rings. The number of carbonyl (C=O) groups excluding carboxylic acids is 1. The number of anilines is 2. The first-order valence-corrected chi connectivity index (χ1v) is 9.88. The zero-order chi connectivity index (χ0) is 24.5. The van der Waals surface area contributed by atoms with Crippen molar-refractivity contribution >= 4 is 28.4 Å². The van der Waals surface area contributed by atoms with Gasteiger partial charge in [0.25, 0.3) is 0 Å². The molecule has 0 aliphatic rings. The topological polar surface area (TPSA) is 59.0 Å². The lowest BCUT2D eigenvalue weighted by Crippen LogP contribution is -2.20. The molecule has 0 saturated heterocycles. The molecular weight excluding hydrogens is 462 g/mol. The Balaban J connectivity index is 1.54. The van der Waals surface area contributed by atoms with Gasteiger partial charge in [0.15, 0.2) is 5.82 Å². The molecule has 1 aromatic heterocycles. The molecular formula is C23H16F6N4O. The molecule has 0 saturated carbocycles. The third-order valence-corrected chi connectivity index (χ3v) is 4.95. The highest BCUT2D eigenvalue weighted by atomic mass is 19.4. The van der Waals surface area contributed by atoms with Gasteiger partial charge in [-0.1, -0.05) is 30.3 Å². The second-order valence-corrected chi connectivity index (χ2v) is 7.38. The monoisotopic (exact) mass is 478 g/mol. The van der Waals surface area contributed by atoms with E-state index in [1.54, 1.807) is 24.3 Å². The summed E-state index contributed by atoms with van der Waals surface area (Å²) in [5.41, 5.74) is -0.564. The fourth-order valence-electron chi connectivity index (χ4n) is 3.36. The highest BCUT2D eigenvalue weighted by Crippen LogP contribution is 2.31. The lowest BCUT2D eigenvalue weighted by molar-refractivity contribution is -0.138. The minimum atomic E-state index is -4.55. The highest BCUT2D eigenvalue weighted by Gasteiger charge is 2.31. The van der Waals surface area contributed by atoms with Crippen LogP contribution in [0.15, 0.2) is 72.8 Å². The number of amides is 2. The average molecular weight is 478 g/mol. The number of nitrogens with one attached hydrogen (secondary N) is 2. The Morgan fingerprint density at radius 3 is 2.15 bits per heavy atom. The first-order chi connectivity index (χ1) is 16.0. The van der Waals surface area contributed by atoms with Gasteiger partial charge in [0.1, 0.15) is 0 Å². The Hall–Kier alpha value is -4.02. The maximum absolute atomic E-state index is 12.9. The molecule has 0 aliphatic heterocycles. The van der Waals surface area contributed by atoms with E-state index in [0.29, 0.717) is 16.5 Å². The number of para-hydroxylation sites is 1. The summed E-state index contributed by atoms with van der Waals surface area (Å²) >= 11 is 0. The van der Waals surface area contributed by atoms with Crippen molar-refractivity contribution in [3.8, 4) is 0 Å². The lowest BCUT2D eigenvalue weighted by atomic mass is 10.1. The van der Waals surface area contributed by atoms with Gasteiger partial charge in [-0.05, 0) is 48.0 Å². The number of carbonyl (C=O) groups is 1. The van der Waals surface area contributed by atoms with Gasteiger partial charge in [0.2, 0.25) is 0 Å². The fraction of sp³-hybridized carbons (Fsp3) is 0.130. The van der Waals surface area contributed by atoms with Gasteiger partial charge in [-0.15, -0.1) is 0 Å². The Morgan fingerprint density at radius 1 is 0.794 bits per heavy atom. The zero-order valence-corrected chi connectivity index (χ0v) is 17.2. The molecule has 0 radical (unpaired) electrons. The summed E-state index contributed by atoms with van der Waals surface area (Å²) in [7, 11) is 0. The number of urea groups is 1. The standard InChI is InChI=1S/C23H16F6N4O/c24-22(25,26)15-10-8-14(9-11-15)13-33-19-7-2-1-6-18(19)20(32-33)31-21(34)30-17-5-3-4-16(12-17)23(27,28)29/h1-12H,13H2,(H2,30,31,32,34). The highest BCUT2D eigenvalue weighted by molar-refractivity contribution is 6.04. The van der Waals surface area contributed by atoms with Crippen LogP contribution in [0.2, 0.25) is 0 Å². The fourth-order valence-corrected chi connectivity index (χ4v) is 3.36. The molecule has 34 heavy (non-hydrogen) atoms. The van der Waals surface area contributed by atoms with Crippen molar-refractivity contribution in [3.63, 3.8) is 0 Å². The number of fused-ring (bicyclic) bond motifs is 1. The van der Waals surface area contributed by atoms with Crippen molar-refractivity contribution < 1.29 is 31.1 Å². The normalized spacial score (nSPS) is 12.1. The van der Waals surface area contributed by atoms with E-state index in [9.17, 15) is 31.1 Å². The van der Waals surface area contributed by atoms with Crippen LogP contribution in [0.3, 0.4) is 0 Å². The van der Waals surface area contributed by atoms with Crippen LogP contribution in [0.1, 0.15) is 16.7 Å². The second-order valence-electron chi connectivity index (χ2n) is 7.38. The van der Waals surface area contributed by atoms with Crippen LogP contribution in [0.4, 0.5) is 42.6 Å². The van der Waals surface area contributed by atoms with Gasteiger partial charge < -0.3 is 5.32 Å². The van der Waals surface area contributed by atoms with E-state index in [-0.39, 0.29) is 18.1 Å². The van der Waals surface area contributed by atoms with Crippen molar-refractivity contribution in [3.05, 3.63) is 89.5 Å². The van der Waals surface area contributed by atoms with Crippen LogP contribution in [0.25, 0.3) is 10.9 Å². The van der Waals surface area contributed by atoms with Crippen molar-refractivity contribution in [1.29, 1.82) is 0 Å². The second kappa shape index (κ2) is 8.73. The maximum atomic E-state index is 12.9. The summed E-state index contributed by atoms with van der Waals surface area (Å²) in [5.74, 6) is 0.145. The number of aromatic nitrogens is 2. The van der Waals surface area contributed by atoms with Gasteiger partial charge in [-0.2, -0.15) is 31.4 Å². The third-order valence-electron chi connectivity index (χ3n) is 4.95. The third kappa shape index (κ3) is 5.13. The van der Waals surface area contributed by atoms with E-state index in [1.165, 1.54) is 28.9 Å². The molecule has 176 valence electrons. The van der Waals surface area contributed by atoms with Gasteiger partial charge in [0.05, 0.1) is 23.2 Å². The summed E-state index contributed by atoms with van der Waals surface area (Å²) in [6.45, 7) is 0.135. The molecule has 0 atom stereocenters. The van der Waals surface area contributed by atoms with Gasteiger partial charge in [0, 0.05) is 11.1 Å². The lowest BCUT2D eigenvalue weighted by Gasteiger charge is -2.10. The van der Waals surface area contributed by atoms with E-state index in [4.69, 9.17) is 0 Å². The molecule has 2 N–H and O–H groups in total. The SMILES string of the molecule is O=C(Nc1cccc(C(F)(F)F)c1)Nc1nn(Cc2ccc(C(F)(F)F)cc2)c2ccccc12. The molecule has 1 heterocycles. The molecule has 0 unspecified atom stereocenters. The van der Waals surface area contributed by atoms with Crippen molar-refractivity contribution in [1.82, 2.24) is 9.78 Å². The Morgan fingerprint density at radius 2 is 1.47 bits per heavy atom. The zero-order valence-electron chi connectivity index (χ0n) is 17.2. The van der Waals surface area contributed by atoms with Crippen LogP contribution in [0, 0.1) is 0 Å². The number of alkyl halides is 6. The number of halogens is 6. The van der Waals surface area contributed by atoms with Crippen LogP contribution < -0.4 is 10.6 Å². The Labute approximate surface area is 189 Å². The Kier molecular flexibility index (Phi) is 5.94. The number of rotatable bonds is 4. The molecule has 5 nitrogen and oxygen atoms in total. The van der Waals surface area contributed by atoms with E-state index in [0.717, 1.165) is 24.3 Å². The van der Waals surface area contributed by atoms with Crippen molar-refractivity contribution in [2.45, 2.75) is 18.9 Å². The van der Waals surface area contributed by atoms with Crippen LogP contribution in [-0.2, 0) is 18.9 Å². The largest absolute Gasteiger partial charge is 0.416 e. The molecule has 2 amide bonds. The quantitative estimate of drug-likeness (QED) is 0.318. The van der Waals surface area contributed by atoms with Gasteiger partial charge >= 0.3 is 18.4 Å². The predicted molar refractivity (Wildman–Crippen MR) is 114 cm³/mol. The van der Waals surface area contributed by atoms with E-state index < -0.39 is 29.5 Å². The molecule has 3 aromatic carbocycles. The predicted octanol–water partition coefficient (Wildman–Crippen LogP) is 6.77. The van der Waals surface area contributed by atoms with E-state index in [1.807, 2.05) is 0 Å². The minimum Gasteiger partial charge on any atom is -0.308 e. The smallest absolute Gasteiger partial charge is 0.308 e. The molecule has 0 bridgehead atoms. The van der Waals surface area contributed by atoms with Gasteiger partial charge in [-0.3, -0.25) is 10.00 Å². The summed E-state index contributed by atoms with van der Waals surface area (Å²) in [6.07, 6.45) is -9.00. The van der Waals surface area contributed by atoms with Crippen molar-refractivity contribution in [2.24, 2.45) is 0 Å². The first-order valence-electron chi connectivity index (χ1n) is 9.88. The first kappa shape index (κ1) is 23.1. The molecule has 4 rings (SSSR count). The van der Waals surface area contributed by atoms with Crippen LogP contribution in [-0.4, -0.2) is 15.8 Å². The maximum Gasteiger partial charge on any atom is 0.416 e. The average Bonchev–Trinajstić information content (AvgIpc) is 3.10. The molecule has 0 fully saturated rings. The summed E-state index contributed by atoms with van der Waals surface area (Å²) in [5, 5.41) is 9.74. The number of hydrogen-bond donors (Lipinski definition) is 2. The van der Waals surface area contributed by atoms with Crippen molar-refractivity contribution in [2.75, 3.05) is 10.6 Å².